The first kappa shape index (κ1) is 14.1. The minimum absolute atomic E-state index is 0.312. The van der Waals surface area contributed by atoms with Crippen LogP contribution in [0.2, 0.25) is 0 Å². The molecule has 1 aromatic rings. The first-order chi connectivity index (χ1) is 9.68. The molecule has 1 aliphatic carbocycles. The van der Waals surface area contributed by atoms with Crippen molar-refractivity contribution in [1.29, 1.82) is 0 Å². The smallest absolute Gasteiger partial charge is 0.0947 e. The summed E-state index contributed by atoms with van der Waals surface area (Å²) in [5.74, 6) is 0.684. The van der Waals surface area contributed by atoms with E-state index >= 15 is 0 Å². The summed E-state index contributed by atoms with van der Waals surface area (Å²) in [5, 5.41) is 10.9. The van der Waals surface area contributed by atoms with Crippen molar-refractivity contribution in [2.24, 2.45) is 5.92 Å². The molecule has 0 spiro atoms. The van der Waals surface area contributed by atoms with Crippen LogP contribution < -0.4 is 0 Å². The molecule has 1 N–H and O–H groups in total. The van der Waals surface area contributed by atoms with Crippen molar-refractivity contribution >= 4 is 0 Å². The number of hydrogen-bond acceptors (Lipinski definition) is 2. The Balaban J connectivity index is 1.87. The van der Waals surface area contributed by atoms with Crippen LogP contribution in [0.4, 0.5) is 0 Å². The van der Waals surface area contributed by atoms with Crippen molar-refractivity contribution in [3.05, 3.63) is 35.4 Å². The molecular weight excluding hydrogens is 246 g/mol. The summed E-state index contributed by atoms with van der Waals surface area (Å²) >= 11 is 0. The van der Waals surface area contributed by atoms with Gasteiger partial charge in [0.1, 0.15) is 0 Å². The van der Waals surface area contributed by atoms with Crippen LogP contribution in [-0.4, -0.2) is 28.6 Å². The monoisotopic (exact) mass is 273 g/mol. The number of likely N-dealkylation sites (tertiary alicyclic amines) is 1. The molecular formula is C18H27NO. The number of benzene rings is 1. The summed E-state index contributed by atoms with van der Waals surface area (Å²) in [5.41, 5.74) is 2.52. The second-order valence-electron chi connectivity index (χ2n) is 6.79. The fourth-order valence-corrected chi connectivity index (χ4v) is 4.21. The van der Waals surface area contributed by atoms with Crippen molar-refractivity contribution in [2.45, 2.75) is 64.1 Å². The highest BCUT2D eigenvalue weighted by molar-refractivity contribution is 5.31. The molecule has 1 fully saturated rings. The van der Waals surface area contributed by atoms with Gasteiger partial charge in [0, 0.05) is 12.1 Å². The number of hydrogen-bond donors (Lipinski definition) is 1. The van der Waals surface area contributed by atoms with E-state index in [-0.39, 0.29) is 6.10 Å². The summed E-state index contributed by atoms with van der Waals surface area (Å²) < 4.78 is 0. The average Bonchev–Trinajstić information content (AvgIpc) is 2.86. The molecule has 0 bridgehead atoms. The lowest BCUT2D eigenvalue weighted by Crippen LogP contribution is -2.44. The molecule has 0 amide bonds. The molecule has 2 nitrogen and oxygen atoms in total. The van der Waals surface area contributed by atoms with Gasteiger partial charge < -0.3 is 5.11 Å². The highest BCUT2D eigenvalue weighted by Gasteiger charge is 2.37. The van der Waals surface area contributed by atoms with E-state index in [2.05, 4.69) is 43.0 Å². The van der Waals surface area contributed by atoms with Crippen LogP contribution in [-0.2, 0) is 6.42 Å². The summed E-state index contributed by atoms with van der Waals surface area (Å²) in [6.07, 6.45) is 5.70. The third-order valence-electron chi connectivity index (χ3n) is 5.22. The Morgan fingerprint density at radius 3 is 2.75 bits per heavy atom. The van der Waals surface area contributed by atoms with Gasteiger partial charge in [-0.1, -0.05) is 38.1 Å². The van der Waals surface area contributed by atoms with Gasteiger partial charge in [-0.3, -0.25) is 4.90 Å². The van der Waals surface area contributed by atoms with Crippen molar-refractivity contribution in [1.82, 2.24) is 4.90 Å². The lowest BCUT2D eigenvalue weighted by atomic mass is 9.95. The molecule has 110 valence electrons. The minimum atomic E-state index is -0.312. The number of aryl methyl sites for hydroxylation is 1. The molecule has 1 saturated heterocycles. The number of rotatable bonds is 2. The molecule has 1 aliphatic heterocycles. The maximum atomic E-state index is 10.9. The number of aliphatic hydroxyl groups excluding tert-OH is 1. The first-order valence-electron chi connectivity index (χ1n) is 8.20. The number of fused-ring (bicyclic) bond motifs is 1. The van der Waals surface area contributed by atoms with Gasteiger partial charge >= 0.3 is 0 Å². The highest BCUT2D eigenvalue weighted by Crippen LogP contribution is 2.36. The van der Waals surface area contributed by atoms with Crippen molar-refractivity contribution < 1.29 is 5.11 Å². The molecule has 1 heterocycles. The molecule has 20 heavy (non-hydrogen) atoms. The number of nitrogens with zero attached hydrogens (tertiary/aromatic N) is 1. The van der Waals surface area contributed by atoms with E-state index in [0.29, 0.717) is 18.0 Å². The maximum Gasteiger partial charge on any atom is 0.0947 e. The zero-order chi connectivity index (χ0) is 14.1. The van der Waals surface area contributed by atoms with Gasteiger partial charge in [0.2, 0.25) is 0 Å². The lowest BCUT2D eigenvalue weighted by molar-refractivity contribution is 0.0271. The van der Waals surface area contributed by atoms with Gasteiger partial charge in [0.15, 0.2) is 0 Å². The standard InChI is InChI=1S/C18H27NO/c1-13(2)16-11-6-12-19(16)17-10-5-8-14-7-3-4-9-15(14)18(17)20/h3-4,7,9,13,16-18,20H,5-6,8,10-12H2,1-2H3. The quantitative estimate of drug-likeness (QED) is 0.833. The topological polar surface area (TPSA) is 23.5 Å². The normalized spacial score (nSPS) is 31.3. The van der Waals surface area contributed by atoms with Gasteiger partial charge in [-0.05, 0) is 55.7 Å². The molecule has 0 saturated carbocycles. The van der Waals surface area contributed by atoms with E-state index in [1.807, 2.05) is 0 Å². The van der Waals surface area contributed by atoms with Crippen LogP contribution in [0.15, 0.2) is 24.3 Å². The van der Waals surface area contributed by atoms with E-state index in [1.54, 1.807) is 0 Å². The predicted molar refractivity (Wildman–Crippen MR) is 82.7 cm³/mol. The molecule has 3 unspecified atom stereocenters. The van der Waals surface area contributed by atoms with Crippen molar-refractivity contribution in [2.75, 3.05) is 6.54 Å². The van der Waals surface area contributed by atoms with E-state index in [9.17, 15) is 5.11 Å². The third kappa shape index (κ3) is 2.51. The van der Waals surface area contributed by atoms with E-state index in [4.69, 9.17) is 0 Å². The summed E-state index contributed by atoms with van der Waals surface area (Å²) in [4.78, 5) is 2.61. The Morgan fingerprint density at radius 1 is 1.15 bits per heavy atom. The highest BCUT2D eigenvalue weighted by atomic mass is 16.3. The fraction of sp³-hybridized carbons (Fsp3) is 0.667. The maximum absolute atomic E-state index is 10.9. The zero-order valence-corrected chi connectivity index (χ0v) is 12.8. The average molecular weight is 273 g/mol. The van der Waals surface area contributed by atoms with Crippen LogP contribution >= 0.6 is 0 Å². The second-order valence-corrected chi connectivity index (χ2v) is 6.79. The van der Waals surface area contributed by atoms with Gasteiger partial charge in [0.25, 0.3) is 0 Å². The number of aliphatic hydroxyl groups is 1. The Morgan fingerprint density at radius 2 is 1.95 bits per heavy atom. The van der Waals surface area contributed by atoms with Crippen molar-refractivity contribution in [3.63, 3.8) is 0 Å². The SMILES string of the molecule is CC(C)C1CCCN1C1CCCc2ccccc2C1O. The summed E-state index contributed by atoms with van der Waals surface area (Å²) in [6, 6.07) is 9.44. The lowest BCUT2D eigenvalue weighted by Gasteiger charge is -2.37. The van der Waals surface area contributed by atoms with Crippen LogP contribution in [0.25, 0.3) is 0 Å². The molecule has 0 radical (unpaired) electrons. The summed E-state index contributed by atoms with van der Waals surface area (Å²) in [7, 11) is 0. The van der Waals surface area contributed by atoms with E-state index in [1.165, 1.54) is 30.4 Å². The molecule has 0 aromatic heterocycles. The molecule has 3 atom stereocenters. The van der Waals surface area contributed by atoms with Gasteiger partial charge in [0.05, 0.1) is 6.10 Å². The van der Waals surface area contributed by atoms with Crippen LogP contribution in [0.3, 0.4) is 0 Å². The van der Waals surface area contributed by atoms with Gasteiger partial charge in [-0.2, -0.15) is 0 Å². The molecule has 2 aliphatic rings. The second kappa shape index (κ2) is 5.87. The fourth-order valence-electron chi connectivity index (χ4n) is 4.21. The molecule has 2 heteroatoms. The van der Waals surface area contributed by atoms with Crippen LogP contribution in [0.5, 0.6) is 0 Å². The van der Waals surface area contributed by atoms with E-state index < -0.39 is 0 Å². The summed E-state index contributed by atoms with van der Waals surface area (Å²) in [6.45, 7) is 5.80. The van der Waals surface area contributed by atoms with Crippen LogP contribution in [0.1, 0.15) is 56.8 Å². The first-order valence-corrected chi connectivity index (χ1v) is 8.20. The Bertz CT molecular complexity index is 456. The van der Waals surface area contributed by atoms with Crippen LogP contribution in [0, 0.1) is 5.92 Å². The Kier molecular flexibility index (Phi) is 4.13. The van der Waals surface area contributed by atoms with Crippen molar-refractivity contribution in [3.8, 4) is 0 Å². The third-order valence-corrected chi connectivity index (χ3v) is 5.22. The minimum Gasteiger partial charge on any atom is -0.387 e. The van der Waals surface area contributed by atoms with E-state index in [0.717, 1.165) is 19.4 Å². The Hall–Kier alpha value is -0.860. The molecule has 3 rings (SSSR count). The Labute approximate surface area is 122 Å². The van der Waals surface area contributed by atoms with Gasteiger partial charge in [-0.25, -0.2) is 0 Å². The molecule has 1 aromatic carbocycles. The zero-order valence-electron chi connectivity index (χ0n) is 12.8. The van der Waals surface area contributed by atoms with Gasteiger partial charge in [-0.15, -0.1) is 0 Å². The largest absolute Gasteiger partial charge is 0.387 e. The predicted octanol–water partition coefficient (Wildman–Crippen LogP) is 3.55.